The molecule has 3 rings (SSSR count). The molecule has 0 unspecified atom stereocenters. The Morgan fingerprint density at radius 2 is 1.75 bits per heavy atom. The van der Waals surface area contributed by atoms with Crippen LogP contribution in [0.2, 0.25) is 0 Å². The Morgan fingerprint density at radius 1 is 0.917 bits per heavy atom. The monoisotopic (exact) mass is 319 g/mol. The van der Waals surface area contributed by atoms with Crippen molar-refractivity contribution in [3.63, 3.8) is 0 Å². The Morgan fingerprint density at radius 3 is 2.46 bits per heavy atom. The van der Waals surface area contributed by atoms with E-state index in [9.17, 15) is 4.79 Å². The largest absolute Gasteiger partial charge is 0.368 e. The molecule has 2 heterocycles. The highest BCUT2D eigenvalue weighted by Gasteiger charge is 2.08. The van der Waals surface area contributed by atoms with Gasteiger partial charge in [-0.3, -0.25) is 9.78 Å². The van der Waals surface area contributed by atoms with Gasteiger partial charge in [-0.1, -0.05) is 24.3 Å². The van der Waals surface area contributed by atoms with Gasteiger partial charge >= 0.3 is 0 Å². The first-order chi connectivity index (χ1) is 11.8. The molecule has 0 spiro atoms. The van der Waals surface area contributed by atoms with Gasteiger partial charge in [0, 0.05) is 30.5 Å². The van der Waals surface area contributed by atoms with E-state index in [1.165, 1.54) is 0 Å². The third-order valence-electron chi connectivity index (χ3n) is 3.34. The summed E-state index contributed by atoms with van der Waals surface area (Å²) in [6.45, 7) is 0.696. The number of nitrogens with one attached hydrogen (secondary N) is 2. The van der Waals surface area contributed by atoms with Crippen LogP contribution in [0.15, 0.2) is 66.9 Å². The number of aromatic nitrogens is 3. The number of hydrogen-bond donors (Lipinski definition) is 2. The second-order valence-electron chi connectivity index (χ2n) is 5.12. The molecule has 24 heavy (non-hydrogen) atoms. The average molecular weight is 319 g/mol. The summed E-state index contributed by atoms with van der Waals surface area (Å²) in [7, 11) is 0. The van der Waals surface area contributed by atoms with Crippen LogP contribution in [0.4, 0.5) is 11.5 Å². The molecule has 2 aromatic heterocycles. The standard InChI is InChI=1S/C18H17N5O/c24-18(21-15-7-2-1-3-8-15)16-9-10-17(23-22-16)20-13-11-14-6-4-5-12-19-14/h1-10,12H,11,13H2,(H,20,23)(H,21,24). The number of hydrogen-bond acceptors (Lipinski definition) is 5. The first kappa shape index (κ1) is 15.6. The van der Waals surface area contributed by atoms with Gasteiger partial charge in [-0.2, -0.15) is 0 Å². The van der Waals surface area contributed by atoms with E-state index in [0.717, 1.165) is 17.8 Å². The van der Waals surface area contributed by atoms with Crippen molar-refractivity contribution in [1.82, 2.24) is 15.2 Å². The predicted molar refractivity (Wildman–Crippen MR) is 92.9 cm³/mol. The number of carbonyl (C=O) groups excluding carboxylic acids is 1. The number of rotatable bonds is 6. The van der Waals surface area contributed by atoms with Crippen molar-refractivity contribution in [3.8, 4) is 0 Å². The van der Waals surface area contributed by atoms with Gasteiger partial charge < -0.3 is 10.6 Å². The highest BCUT2D eigenvalue weighted by molar-refractivity contribution is 6.02. The van der Waals surface area contributed by atoms with Gasteiger partial charge in [-0.25, -0.2) is 0 Å². The summed E-state index contributed by atoms with van der Waals surface area (Å²) < 4.78 is 0. The zero-order valence-electron chi connectivity index (χ0n) is 13.0. The summed E-state index contributed by atoms with van der Waals surface area (Å²) in [5, 5.41) is 13.9. The lowest BCUT2D eigenvalue weighted by Gasteiger charge is -2.06. The van der Waals surface area contributed by atoms with Gasteiger partial charge in [0.05, 0.1) is 0 Å². The molecule has 0 aliphatic heterocycles. The van der Waals surface area contributed by atoms with E-state index < -0.39 is 0 Å². The molecule has 0 saturated carbocycles. The molecular weight excluding hydrogens is 302 g/mol. The lowest BCUT2D eigenvalue weighted by Crippen LogP contribution is -2.15. The number of anilines is 2. The maximum absolute atomic E-state index is 12.1. The Balaban J connectivity index is 1.52. The van der Waals surface area contributed by atoms with E-state index >= 15 is 0 Å². The summed E-state index contributed by atoms with van der Waals surface area (Å²) in [6, 6.07) is 18.5. The van der Waals surface area contributed by atoms with Crippen LogP contribution in [-0.4, -0.2) is 27.6 Å². The Bertz CT molecular complexity index is 776. The molecule has 6 heteroatoms. The van der Waals surface area contributed by atoms with Crippen LogP contribution in [0, 0.1) is 0 Å². The predicted octanol–water partition coefficient (Wildman–Crippen LogP) is 2.78. The quantitative estimate of drug-likeness (QED) is 0.730. The SMILES string of the molecule is O=C(Nc1ccccc1)c1ccc(NCCc2ccccn2)nn1. The van der Waals surface area contributed by atoms with Gasteiger partial charge in [0.15, 0.2) is 5.69 Å². The second-order valence-corrected chi connectivity index (χ2v) is 5.12. The van der Waals surface area contributed by atoms with Gasteiger partial charge in [-0.05, 0) is 36.4 Å². The summed E-state index contributed by atoms with van der Waals surface area (Å²) in [6.07, 6.45) is 2.56. The van der Waals surface area contributed by atoms with E-state index in [4.69, 9.17) is 0 Å². The Kier molecular flexibility index (Phi) is 5.09. The van der Waals surface area contributed by atoms with E-state index in [2.05, 4.69) is 25.8 Å². The van der Waals surface area contributed by atoms with E-state index in [-0.39, 0.29) is 11.6 Å². The normalized spacial score (nSPS) is 10.2. The highest BCUT2D eigenvalue weighted by Crippen LogP contribution is 2.08. The van der Waals surface area contributed by atoms with Gasteiger partial charge in [0.2, 0.25) is 0 Å². The van der Waals surface area contributed by atoms with Crippen LogP contribution in [0.3, 0.4) is 0 Å². The van der Waals surface area contributed by atoms with E-state index in [1.807, 2.05) is 48.5 Å². The van der Waals surface area contributed by atoms with Crippen molar-refractivity contribution in [2.24, 2.45) is 0 Å². The lowest BCUT2D eigenvalue weighted by molar-refractivity contribution is 0.102. The third-order valence-corrected chi connectivity index (χ3v) is 3.34. The van der Waals surface area contributed by atoms with Crippen LogP contribution in [0.5, 0.6) is 0 Å². The lowest BCUT2D eigenvalue weighted by atomic mass is 10.2. The number of pyridine rings is 1. The second kappa shape index (κ2) is 7.82. The van der Waals surface area contributed by atoms with Crippen molar-refractivity contribution in [2.75, 3.05) is 17.2 Å². The summed E-state index contributed by atoms with van der Waals surface area (Å²) in [5.74, 6) is 0.343. The third kappa shape index (κ3) is 4.36. The van der Waals surface area contributed by atoms with Crippen LogP contribution in [-0.2, 0) is 6.42 Å². The van der Waals surface area contributed by atoms with Crippen molar-refractivity contribution in [1.29, 1.82) is 0 Å². The highest BCUT2D eigenvalue weighted by atomic mass is 16.1. The van der Waals surface area contributed by atoms with Crippen molar-refractivity contribution in [3.05, 3.63) is 78.2 Å². The molecule has 3 aromatic rings. The maximum Gasteiger partial charge on any atom is 0.276 e. The molecule has 0 bridgehead atoms. The number of carbonyl (C=O) groups is 1. The molecular formula is C18H17N5O. The van der Waals surface area contributed by atoms with Gasteiger partial charge in [0.25, 0.3) is 5.91 Å². The molecule has 0 atom stereocenters. The fourth-order valence-electron chi connectivity index (χ4n) is 2.13. The average Bonchev–Trinajstić information content (AvgIpc) is 2.64. The van der Waals surface area contributed by atoms with E-state index in [0.29, 0.717) is 12.4 Å². The number of nitrogens with zero attached hydrogens (tertiary/aromatic N) is 3. The first-order valence-corrected chi connectivity index (χ1v) is 7.65. The Hall–Kier alpha value is -3.28. The number of benzene rings is 1. The summed E-state index contributed by atoms with van der Waals surface area (Å²) in [4.78, 5) is 16.3. The topological polar surface area (TPSA) is 79.8 Å². The molecule has 120 valence electrons. The van der Waals surface area contributed by atoms with Crippen LogP contribution in [0.25, 0.3) is 0 Å². The van der Waals surface area contributed by atoms with Crippen molar-refractivity contribution < 1.29 is 4.79 Å². The molecule has 1 amide bonds. The molecule has 0 fully saturated rings. The summed E-state index contributed by atoms with van der Waals surface area (Å²) in [5.41, 5.74) is 2.01. The zero-order valence-corrected chi connectivity index (χ0v) is 13.0. The van der Waals surface area contributed by atoms with Crippen molar-refractivity contribution in [2.45, 2.75) is 6.42 Å². The smallest absolute Gasteiger partial charge is 0.276 e. The summed E-state index contributed by atoms with van der Waals surface area (Å²) >= 11 is 0. The molecule has 2 N–H and O–H groups in total. The van der Waals surface area contributed by atoms with Crippen molar-refractivity contribution >= 4 is 17.4 Å². The minimum Gasteiger partial charge on any atom is -0.368 e. The molecule has 0 radical (unpaired) electrons. The molecule has 0 aliphatic carbocycles. The fourth-order valence-corrected chi connectivity index (χ4v) is 2.13. The fraction of sp³-hybridized carbons (Fsp3) is 0.111. The molecule has 0 aliphatic rings. The van der Waals surface area contributed by atoms with Crippen LogP contribution in [0.1, 0.15) is 16.2 Å². The minimum atomic E-state index is -0.284. The number of para-hydroxylation sites is 1. The van der Waals surface area contributed by atoms with E-state index in [1.54, 1.807) is 18.3 Å². The first-order valence-electron chi connectivity index (χ1n) is 7.65. The molecule has 1 aromatic carbocycles. The number of amides is 1. The van der Waals surface area contributed by atoms with Crippen LogP contribution < -0.4 is 10.6 Å². The van der Waals surface area contributed by atoms with Crippen LogP contribution >= 0.6 is 0 Å². The Labute approximate surface area is 140 Å². The maximum atomic E-state index is 12.1. The molecule has 0 saturated heterocycles. The van der Waals surface area contributed by atoms with Gasteiger partial charge in [0.1, 0.15) is 5.82 Å². The van der Waals surface area contributed by atoms with Gasteiger partial charge in [-0.15, -0.1) is 10.2 Å². The zero-order chi connectivity index (χ0) is 16.6. The molecule has 6 nitrogen and oxygen atoms in total. The minimum absolute atomic E-state index is 0.272.